The van der Waals surface area contributed by atoms with Crippen LogP contribution in [0.2, 0.25) is 0 Å². The van der Waals surface area contributed by atoms with E-state index in [1.165, 1.54) is 18.4 Å². The number of esters is 1. The number of rotatable bonds is 2. The minimum absolute atomic E-state index is 0.0191. The van der Waals surface area contributed by atoms with Crippen molar-refractivity contribution in [1.82, 2.24) is 0 Å². The van der Waals surface area contributed by atoms with Crippen molar-refractivity contribution in [2.75, 3.05) is 0 Å². The third kappa shape index (κ3) is 1.87. The van der Waals surface area contributed by atoms with E-state index in [-0.39, 0.29) is 11.9 Å². The summed E-state index contributed by atoms with van der Waals surface area (Å²) in [5.41, 5.74) is 1.31. The second-order valence-corrected chi connectivity index (χ2v) is 3.69. The van der Waals surface area contributed by atoms with E-state index in [4.69, 9.17) is 4.74 Å². The Morgan fingerprint density at radius 1 is 1.33 bits per heavy atom. The van der Waals surface area contributed by atoms with Gasteiger partial charge in [0, 0.05) is 0 Å². The molecule has 12 heavy (non-hydrogen) atoms. The van der Waals surface area contributed by atoms with Gasteiger partial charge in [-0.05, 0) is 44.1 Å². The lowest BCUT2D eigenvalue weighted by atomic mass is 10.3. The molecule has 2 aliphatic rings. The van der Waals surface area contributed by atoms with Gasteiger partial charge in [-0.1, -0.05) is 0 Å². The molecular formula is C10H14O2. The number of ether oxygens (including phenoxy) is 1. The molecule has 0 aromatic carbocycles. The predicted molar refractivity (Wildman–Crippen MR) is 45.4 cm³/mol. The van der Waals surface area contributed by atoms with Gasteiger partial charge in [0.25, 0.3) is 0 Å². The van der Waals surface area contributed by atoms with Crippen molar-refractivity contribution in [2.45, 2.75) is 38.5 Å². The fourth-order valence-electron chi connectivity index (χ4n) is 1.50. The van der Waals surface area contributed by atoms with Crippen molar-refractivity contribution >= 4 is 5.97 Å². The smallest absolute Gasteiger partial charge is 0.313 e. The maximum Gasteiger partial charge on any atom is 0.313 e. The quantitative estimate of drug-likeness (QED) is 0.465. The first-order chi connectivity index (χ1) is 5.86. The number of carbonyl (C=O) groups is 1. The molecule has 2 aliphatic carbocycles. The largest absolute Gasteiger partial charge is 0.434 e. The molecule has 2 fully saturated rings. The molecule has 0 bridgehead atoms. The molecule has 0 heterocycles. The number of hydrogen-bond donors (Lipinski definition) is 0. The van der Waals surface area contributed by atoms with Crippen LogP contribution in [0, 0.1) is 5.92 Å². The van der Waals surface area contributed by atoms with Crippen molar-refractivity contribution < 1.29 is 9.53 Å². The van der Waals surface area contributed by atoms with Gasteiger partial charge >= 0.3 is 5.97 Å². The Kier molecular flexibility index (Phi) is 2.15. The summed E-state index contributed by atoms with van der Waals surface area (Å²) >= 11 is 0. The molecule has 2 nitrogen and oxygen atoms in total. The van der Waals surface area contributed by atoms with E-state index in [2.05, 4.69) is 0 Å². The SMILES string of the molecule is O=C(OC=C1CCCC1)C1CC1. The molecule has 0 aromatic rings. The van der Waals surface area contributed by atoms with E-state index in [1.54, 1.807) is 6.26 Å². The van der Waals surface area contributed by atoms with Crippen molar-refractivity contribution in [3.05, 3.63) is 11.8 Å². The zero-order valence-corrected chi connectivity index (χ0v) is 7.21. The van der Waals surface area contributed by atoms with Crippen molar-refractivity contribution in [3.8, 4) is 0 Å². The average Bonchev–Trinajstić information content (AvgIpc) is 2.80. The Morgan fingerprint density at radius 2 is 2.00 bits per heavy atom. The summed E-state index contributed by atoms with van der Waals surface area (Å²) in [6.07, 6.45) is 8.51. The maximum absolute atomic E-state index is 11.1. The summed E-state index contributed by atoms with van der Waals surface area (Å²) in [6, 6.07) is 0. The van der Waals surface area contributed by atoms with Gasteiger partial charge in [-0.3, -0.25) is 4.79 Å². The highest BCUT2D eigenvalue weighted by atomic mass is 16.5. The molecule has 0 radical (unpaired) electrons. The van der Waals surface area contributed by atoms with Crippen molar-refractivity contribution in [3.63, 3.8) is 0 Å². The summed E-state index contributed by atoms with van der Waals surface area (Å²) in [6.45, 7) is 0. The molecular weight excluding hydrogens is 152 g/mol. The van der Waals surface area contributed by atoms with E-state index < -0.39 is 0 Å². The Morgan fingerprint density at radius 3 is 2.58 bits per heavy atom. The molecule has 0 saturated heterocycles. The van der Waals surface area contributed by atoms with E-state index >= 15 is 0 Å². The molecule has 0 aromatic heterocycles. The third-order valence-corrected chi connectivity index (χ3v) is 2.50. The highest BCUT2D eigenvalue weighted by Crippen LogP contribution is 2.31. The highest BCUT2D eigenvalue weighted by Gasteiger charge is 2.30. The second kappa shape index (κ2) is 3.30. The second-order valence-electron chi connectivity index (χ2n) is 3.69. The molecule has 0 N–H and O–H groups in total. The van der Waals surface area contributed by atoms with E-state index in [0.717, 1.165) is 25.7 Å². The number of allylic oxidation sites excluding steroid dienone is 1. The van der Waals surface area contributed by atoms with Crippen molar-refractivity contribution in [1.29, 1.82) is 0 Å². The molecule has 2 rings (SSSR count). The molecule has 2 heteroatoms. The first-order valence-corrected chi connectivity index (χ1v) is 4.74. The van der Waals surface area contributed by atoms with Crippen LogP contribution >= 0.6 is 0 Å². The van der Waals surface area contributed by atoms with Crippen LogP contribution in [0.1, 0.15) is 38.5 Å². The normalized spacial score (nSPS) is 22.5. The predicted octanol–water partition coefficient (Wildman–Crippen LogP) is 2.40. The topological polar surface area (TPSA) is 26.3 Å². The van der Waals surface area contributed by atoms with Gasteiger partial charge in [0.1, 0.15) is 0 Å². The fourth-order valence-corrected chi connectivity index (χ4v) is 1.50. The minimum atomic E-state index is -0.0191. The average molecular weight is 166 g/mol. The van der Waals surface area contributed by atoms with Crippen LogP contribution in [0.3, 0.4) is 0 Å². The van der Waals surface area contributed by atoms with Crippen LogP contribution in [0.5, 0.6) is 0 Å². The molecule has 66 valence electrons. The summed E-state index contributed by atoms with van der Waals surface area (Å²) in [4.78, 5) is 11.1. The van der Waals surface area contributed by atoms with Crippen molar-refractivity contribution in [2.24, 2.45) is 5.92 Å². The van der Waals surface area contributed by atoms with E-state index in [0.29, 0.717) is 0 Å². The Hall–Kier alpha value is -0.790. The van der Waals surface area contributed by atoms with Crippen LogP contribution in [-0.2, 0) is 9.53 Å². The molecule has 2 saturated carbocycles. The van der Waals surface area contributed by atoms with Gasteiger partial charge < -0.3 is 4.74 Å². The minimum Gasteiger partial charge on any atom is -0.434 e. The van der Waals surface area contributed by atoms with Gasteiger partial charge in [0.15, 0.2) is 0 Å². The summed E-state index contributed by atoms with van der Waals surface area (Å²) < 4.78 is 5.05. The van der Waals surface area contributed by atoms with Crippen LogP contribution < -0.4 is 0 Å². The Labute approximate surface area is 72.6 Å². The zero-order valence-electron chi connectivity index (χ0n) is 7.21. The van der Waals surface area contributed by atoms with Crippen LogP contribution in [0.25, 0.3) is 0 Å². The van der Waals surface area contributed by atoms with Gasteiger partial charge in [-0.2, -0.15) is 0 Å². The molecule has 0 amide bonds. The lowest BCUT2D eigenvalue weighted by molar-refractivity contribution is -0.139. The summed E-state index contributed by atoms with van der Waals surface area (Å²) in [7, 11) is 0. The third-order valence-electron chi connectivity index (χ3n) is 2.50. The molecule has 0 atom stereocenters. The van der Waals surface area contributed by atoms with Gasteiger partial charge in [0.2, 0.25) is 0 Å². The molecule has 0 spiro atoms. The molecule has 0 unspecified atom stereocenters. The zero-order chi connectivity index (χ0) is 8.39. The maximum atomic E-state index is 11.1. The standard InChI is InChI=1S/C10H14O2/c11-10(9-5-6-9)12-7-8-3-1-2-4-8/h7,9H,1-6H2. The van der Waals surface area contributed by atoms with Gasteiger partial charge in [-0.15, -0.1) is 0 Å². The van der Waals surface area contributed by atoms with Gasteiger partial charge in [-0.25, -0.2) is 0 Å². The van der Waals surface area contributed by atoms with E-state index in [1.807, 2.05) is 0 Å². The lowest BCUT2D eigenvalue weighted by Gasteiger charge is -1.97. The van der Waals surface area contributed by atoms with E-state index in [9.17, 15) is 4.79 Å². The fraction of sp³-hybridized carbons (Fsp3) is 0.700. The van der Waals surface area contributed by atoms with Gasteiger partial charge in [0.05, 0.1) is 12.2 Å². The first kappa shape index (κ1) is 7.84. The number of hydrogen-bond acceptors (Lipinski definition) is 2. The Bertz CT molecular complexity index is 206. The number of carbonyl (C=O) groups excluding carboxylic acids is 1. The summed E-state index contributed by atoms with van der Waals surface area (Å²) in [5, 5.41) is 0. The van der Waals surface area contributed by atoms with Crippen LogP contribution in [0.4, 0.5) is 0 Å². The first-order valence-electron chi connectivity index (χ1n) is 4.74. The molecule has 0 aliphatic heterocycles. The lowest BCUT2D eigenvalue weighted by Crippen LogP contribution is -2.01. The monoisotopic (exact) mass is 166 g/mol. The van der Waals surface area contributed by atoms with Crippen LogP contribution in [0.15, 0.2) is 11.8 Å². The van der Waals surface area contributed by atoms with Crippen LogP contribution in [-0.4, -0.2) is 5.97 Å². The highest BCUT2D eigenvalue weighted by molar-refractivity contribution is 5.75. The summed E-state index contributed by atoms with van der Waals surface area (Å²) in [5.74, 6) is 0.206. The Balaban J connectivity index is 1.78.